The van der Waals surface area contributed by atoms with E-state index in [1.54, 1.807) is 0 Å². The molecular formula is C4H8BrN. The van der Waals surface area contributed by atoms with Gasteiger partial charge in [0, 0.05) is 10.5 Å². The molecule has 0 aliphatic rings. The lowest BCUT2D eigenvalue weighted by atomic mass is 10.4. The molecule has 0 bridgehead atoms. The third-order valence-electron chi connectivity index (χ3n) is 0.494. The van der Waals surface area contributed by atoms with Crippen molar-refractivity contribution in [1.82, 2.24) is 0 Å². The fourth-order valence-corrected chi connectivity index (χ4v) is 0. The standard InChI is InChI=1S/C4H8BrN/c1-3(5)4(2)6/h4H,1,6H2,2H3. The molecule has 0 aliphatic heterocycles. The van der Waals surface area contributed by atoms with Gasteiger partial charge in [-0.15, -0.1) is 0 Å². The van der Waals surface area contributed by atoms with Crippen molar-refractivity contribution in [2.75, 3.05) is 0 Å². The van der Waals surface area contributed by atoms with E-state index in [0.717, 1.165) is 4.48 Å². The highest BCUT2D eigenvalue weighted by molar-refractivity contribution is 9.11. The Balaban J connectivity index is 3.26. The number of nitrogens with two attached hydrogens (primary N) is 1. The molecule has 0 spiro atoms. The molecule has 0 aliphatic carbocycles. The summed E-state index contributed by atoms with van der Waals surface area (Å²) in [6.45, 7) is 5.42. The highest BCUT2D eigenvalue weighted by atomic mass is 79.9. The summed E-state index contributed by atoms with van der Waals surface area (Å²) < 4.78 is 0.850. The van der Waals surface area contributed by atoms with Gasteiger partial charge >= 0.3 is 0 Å². The van der Waals surface area contributed by atoms with Gasteiger partial charge in [0.05, 0.1) is 0 Å². The first-order valence-corrected chi connectivity index (χ1v) is 2.53. The van der Waals surface area contributed by atoms with Crippen molar-refractivity contribution in [3.8, 4) is 0 Å². The molecular weight excluding hydrogens is 142 g/mol. The van der Waals surface area contributed by atoms with Crippen molar-refractivity contribution in [2.45, 2.75) is 13.0 Å². The average molecular weight is 150 g/mol. The van der Waals surface area contributed by atoms with Crippen LogP contribution in [0.1, 0.15) is 6.92 Å². The summed E-state index contributed by atoms with van der Waals surface area (Å²) in [7, 11) is 0. The number of rotatable bonds is 1. The molecule has 0 aromatic rings. The zero-order valence-corrected chi connectivity index (χ0v) is 5.33. The maximum Gasteiger partial charge on any atom is 0.0326 e. The van der Waals surface area contributed by atoms with Crippen molar-refractivity contribution in [2.24, 2.45) is 5.73 Å². The summed E-state index contributed by atoms with van der Waals surface area (Å²) in [5.41, 5.74) is 5.29. The molecule has 0 aromatic heterocycles. The molecule has 1 unspecified atom stereocenters. The molecule has 0 heterocycles. The van der Waals surface area contributed by atoms with E-state index in [4.69, 9.17) is 5.73 Å². The van der Waals surface area contributed by atoms with Crippen LogP contribution in [0, 0.1) is 0 Å². The summed E-state index contributed by atoms with van der Waals surface area (Å²) in [6, 6.07) is 0.0741. The lowest BCUT2D eigenvalue weighted by Gasteiger charge is -1.96. The average Bonchev–Trinajstić information content (AvgIpc) is 1.36. The summed E-state index contributed by atoms with van der Waals surface area (Å²) in [5.74, 6) is 0. The number of hydrogen-bond donors (Lipinski definition) is 1. The Morgan fingerprint density at radius 1 is 2.00 bits per heavy atom. The van der Waals surface area contributed by atoms with Crippen LogP contribution >= 0.6 is 15.9 Å². The van der Waals surface area contributed by atoms with Crippen LogP contribution in [0.25, 0.3) is 0 Å². The van der Waals surface area contributed by atoms with Crippen LogP contribution in [0.15, 0.2) is 11.1 Å². The van der Waals surface area contributed by atoms with Crippen molar-refractivity contribution in [1.29, 1.82) is 0 Å². The third-order valence-corrected chi connectivity index (χ3v) is 1.22. The van der Waals surface area contributed by atoms with Crippen LogP contribution < -0.4 is 5.73 Å². The minimum absolute atomic E-state index is 0.0741. The van der Waals surface area contributed by atoms with E-state index in [9.17, 15) is 0 Å². The molecule has 0 amide bonds. The van der Waals surface area contributed by atoms with Gasteiger partial charge in [-0.2, -0.15) is 0 Å². The zero-order valence-electron chi connectivity index (χ0n) is 3.74. The van der Waals surface area contributed by atoms with Gasteiger partial charge in [-0.25, -0.2) is 0 Å². The molecule has 2 heteroatoms. The molecule has 0 aromatic carbocycles. The molecule has 0 radical (unpaired) electrons. The summed E-state index contributed by atoms with van der Waals surface area (Å²) in [4.78, 5) is 0. The fraction of sp³-hybridized carbons (Fsp3) is 0.500. The van der Waals surface area contributed by atoms with Crippen LogP contribution in [-0.4, -0.2) is 6.04 Å². The van der Waals surface area contributed by atoms with Crippen molar-refractivity contribution in [3.63, 3.8) is 0 Å². The fourth-order valence-electron chi connectivity index (χ4n) is 0. The van der Waals surface area contributed by atoms with Gasteiger partial charge in [-0.3, -0.25) is 0 Å². The summed E-state index contributed by atoms with van der Waals surface area (Å²) in [6.07, 6.45) is 0. The smallest absolute Gasteiger partial charge is 0.0326 e. The Kier molecular flexibility index (Phi) is 2.44. The zero-order chi connectivity index (χ0) is 5.15. The monoisotopic (exact) mass is 149 g/mol. The largest absolute Gasteiger partial charge is 0.324 e. The maximum atomic E-state index is 5.29. The first-order chi connectivity index (χ1) is 2.64. The lowest BCUT2D eigenvalue weighted by molar-refractivity contribution is 0.918. The van der Waals surface area contributed by atoms with Gasteiger partial charge < -0.3 is 5.73 Å². The van der Waals surface area contributed by atoms with Gasteiger partial charge in [0.2, 0.25) is 0 Å². The van der Waals surface area contributed by atoms with E-state index >= 15 is 0 Å². The first kappa shape index (κ1) is 6.18. The highest BCUT2D eigenvalue weighted by Crippen LogP contribution is 2.02. The quantitative estimate of drug-likeness (QED) is 0.597. The van der Waals surface area contributed by atoms with Gasteiger partial charge in [0.25, 0.3) is 0 Å². The molecule has 1 atom stereocenters. The van der Waals surface area contributed by atoms with Crippen molar-refractivity contribution in [3.05, 3.63) is 11.1 Å². The van der Waals surface area contributed by atoms with E-state index < -0.39 is 0 Å². The van der Waals surface area contributed by atoms with Gasteiger partial charge in [0.15, 0.2) is 0 Å². The normalized spacial score (nSPS) is 13.8. The Morgan fingerprint density at radius 3 is 2.17 bits per heavy atom. The lowest BCUT2D eigenvalue weighted by Crippen LogP contribution is -2.13. The molecule has 0 fully saturated rings. The molecule has 36 valence electrons. The van der Waals surface area contributed by atoms with Gasteiger partial charge in [-0.1, -0.05) is 22.5 Å². The molecule has 2 N–H and O–H groups in total. The maximum absolute atomic E-state index is 5.29. The molecule has 6 heavy (non-hydrogen) atoms. The van der Waals surface area contributed by atoms with E-state index in [-0.39, 0.29) is 6.04 Å². The first-order valence-electron chi connectivity index (χ1n) is 1.74. The molecule has 1 nitrogen and oxygen atoms in total. The SMILES string of the molecule is C=C(Br)C(C)N. The van der Waals surface area contributed by atoms with Gasteiger partial charge in [-0.05, 0) is 6.92 Å². The predicted octanol–water partition coefficient (Wildman–Crippen LogP) is 1.24. The molecule has 0 saturated carbocycles. The Morgan fingerprint density at radius 2 is 2.17 bits per heavy atom. The summed E-state index contributed by atoms with van der Waals surface area (Å²) in [5, 5.41) is 0. The predicted molar refractivity (Wildman–Crippen MR) is 31.7 cm³/mol. The van der Waals surface area contributed by atoms with Crippen LogP contribution in [0.5, 0.6) is 0 Å². The Bertz CT molecular complexity index is 58.6. The van der Waals surface area contributed by atoms with E-state index in [1.807, 2.05) is 6.92 Å². The van der Waals surface area contributed by atoms with Crippen molar-refractivity contribution < 1.29 is 0 Å². The van der Waals surface area contributed by atoms with Crippen LogP contribution in [0.3, 0.4) is 0 Å². The van der Waals surface area contributed by atoms with Gasteiger partial charge in [0.1, 0.15) is 0 Å². The van der Waals surface area contributed by atoms with Crippen LogP contribution in [0.2, 0.25) is 0 Å². The molecule has 0 saturated heterocycles. The van der Waals surface area contributed by atoms with E-state index in [0.29, 0.717) is 0 Å². The third kappa shape index (κ3) is 2.42. The minimum Gasteiger partial charge on any atom is -0.324 e. The minimum atomic E-state index is 0.0741. The van der Waals surface area contributed by atoms with E-state index in [2.05, 4.69) is 22.5 Å². The Labute approximate surface area is 46.4 Å². The second kappa shape index (κ2) is 2.37. The summed E-state index contributed by atoms with van der Waals surface area (Å²) >= 11 is 3.12. The Hall–Kier alpha value is 0.180. The van der Waals surface area contributed by atoms with E-state index in [1.165, 1.54) is 0 Å². The van der Waals surface area contributed by atoms with Crippen LogP contribution in [0.4, 0.5) is 0 Å². The molecule has 0 rings (SSSR count). The second-order valence-corrected chi connectivity index (χ2v) is 2.25. The second-order valence-electron chi connectivity index (χ2n) is 1.24. The van der Waals surface area contributed by atoms with Crippen molar-refractivity contribution >= 4 is 15.9 Å². The van der Waals surface area contributed by atoms with Crippen LogP contribution in [-0.2, 0) is 0 Å². The highest BCUT2D eigenvalue weighted by Gasteiger charge is 1.89. The number of halogens is 1. The number of hydrogen-bond acceptors (Lipinski definition) is 1. The topological polar surface area (TPSA) is 26.0 Å².